The standard InChI is InChI=1S/C13H15ClFN/c1-3-9(4-2)10(8-16)13-11(14)6-5-7-12(13)15/h5-7,9-10H,3-4H2,1-2H3. The Morgan fingerprint density at radius 2 is 2.00 bits per heavy atom. The van der Waals surface area contributed by atoms with E-state index in [2.05, 4.69) is 6.07 Å². The molecule has 1 atom stereocenters. The Kier molecular flexibility index (Phi) is 4.76. The molecule has 0 saturated heterocycles. The van der Waals surface area contributed by atoms with Gasteiger partial charge in [-0.2, -0.15) is 5.26 Å². The van der Waals surface area contributed by atoms with Crippen molar-refractivity contribution in [3.63, 3.8) is 0 Å². The highest BCUT2D eigenvalue weighted by molar-refractivity contribution is 6.31. The van der Waals surface area contributed by atoms with Gasteiger partial charge in [-0.1, -0.05) is 44.4 Å². The summed E-state index contributed by atoms with van der Waals surface area (Å²) in [7, 11) is 0. The minimum absolute atomic E-state index is 0.152. The van der Waals surface area contributed by atoms with Crippen molar-refractivity contribution in [2.75, 3.05) is 0 Å². The molecule has 3 heteroatoms. The highest BCUT2D eigenvalue weighted by Gasteiger charge is 2.25. The van der Waals surface area contributed by atoms with Crippen LogP contribution < -0.4 is 0 Å². The van der Waals surface area contributed by atoms with Crippen molar-refractivity contribution in [1.29, 1.82) is 5.26 Å². The quantitative estimate of drug-likeness (QED) is 0.758. The average Bonchev–Trinajstić information content (AvgIpc) is 2.28. The summed E-state index contributed by atoms with van der Waals surface area (Å²) in [6.45, 7) is 4.01. The first-order valence-corrected chi connectivity index (χ1v) is 5.86. The summed E-state index contributed by atoms with van der Waals surface area (Å²) in [6.07, 6.45) is 1.69. The molecule has 86 valence electrons. The smallest absolute Gasteiger partial charge is 0.129 e. The summed E-state index contributed by atoms with van der Waals surface area (Å²) in [5, 5.41) is 9.53. The summed E-state index contributed by atoms with van der Waals surface area (Å²) in [5.74, 6) is -0.686. The van der Waals surface area contributed by atoms with Crippen LogP contribution in [0.2, 0.25) is 5.02 Å². The lowest BCUT2D eigenvalue weighted by Gasteiger charge is -2.20. The molecule has 0 aliphatic heterocycles. The van der Waals surface area contributed by atoms with Crippen LogP contribution in [0.5, 0.6) is 0 Å². The molecule has 1 aromatic rings. The second-order valence-electron chi connectivity index (χ2n) is 3.82. The fraction of sp³-hybridized carbons (Fsp3) is 0.462. The van der Waals surface area contributed by atoms with Gasteiger partial charge in [-0.15, -0.1) is 0 Å². The predicted octanol–water partition coefficient (Wildman–Crippen LogP) is 4.52. The van der Waals surface area contributed by atoms with Crippen molar-refractivity contribution in [3.8, 4) is 6.07 Å². The molecule has 0 amide bonds. The molecule has 0 bridgehead atoms. The summed E-state index contributed by atoms with van der Waals surface area (Å²) in [6, 6.07) is 6.72. The molecular weight excluding hydrogens is 225 g/mol. The Morgan fingerprint density at radius 1 is 1.38 bits per heavy atom. The topological polar surface area (TPSA) is 23.8 Å². The maximum atomic E-state index is 13.7. The van der Waals surface area contributed by atoms with E-state index in [0.29, 0.717) is 10.6 Å². The van der Waals surface area contributed by atoms with E-state index >= 15 is 0 Å². The molecule has 0 spiro atoms. The lowest BCUT2D eigenvalue weighted by molar-refractivity contribution is 0.440. The van der Waals surface area contributed by atoms with Gasteiger partial charge in [0.1, 0.15) is 5.82 Å². The van der Waals surface area contributed by atoms with Gasteiger partial charge >= 0.3 is 0 Å². The molecule has 0 heterocycles. The zero-order chi connectivity index (χ0) is 12.1. The Labute approximate surface area is 101 Å². The van der Waals surface area contributed by atoms with Gasteiger partial charge in [0.25, 0.3) is 0 Å². The lowest BCUT2D eigenvalue weighted by Crippen LogP contribution is -2.12. The number of hydrogen-bond acceptors (Lipinski definition) is 1. The van der Waals surface area contributed by atoms with Crippen molar-refractivity contribution in [1.82, 2.24) is 0 Å². The fourth-order valence-corrected chi connectivity index (χ4v) is 2.25. The first kappa shape index (κ1) is 13.0. The molecular formula is C13H15ClFN. The average molecular weight is 240 g/mol. The van der Waals surface area contributed by atoms with Crippen molar-refractivity contribution in [2.45, 2.75) is 32.6 Å². The number of halogens is 2. The Hall–Kier alpha value is -1.07. The first-order valence-electron chi connectivity index (χ1n) is 5.49. The number of hydrogen-bond donors (Lipinski definition) is 0. The van der Waals surface area contributed by atoms with E-state index in [9.17, 15) is 9.65 Å². The number of benzene rings is 1. The minimum Gasteiger partial charge on any atom is -0.207 e. The van der Waals surface area contributed by atoms with E-state index in [1.807, 2.05) is 13.8 Å². The highest BCUT2D eigenvalue weighted by Crippen LogP contribution is 2.35. The van der Waals surface area contributed by atoms with Gasteiger partial charge < -0.3 is 0 Å². The SMILES string of the molecule is CCC(CC)C(C#N)c1c(F)cccc1Cl. The van der Waals surface area contributed by atoms with Crippen molar-refractivity contribution >= 4 is 11.6 Å². The third-order valence-electron chi connectivity index (χ3n) is 2.97. The summed E-state index contributed by atoms with van der Waals surface area (Å²) in [5.41, 5.74) is 0.348. The van der Waals surface area contributed by atoms with Crippen LogP contribution in [0.4, 0.5) is 4.39 Å². The van der Waals surface area contributed by atoms with Gasteiger partial charge in [0.15, 0.2) is 0 Å². The van der Waals surface area contributed by atoms with Gasteiger partial charge in [0.2, 0.25) is 0 Å². The summed E-state index contributed by atoms with van der Waals surface area (Å²) >= 11 is 5.97. The van der Waals surface area contributed by atoms with E-state index < -0.39 is 5.92 Å². The largest absolute Gasteiger partial charge is 0.207 e. The second kappa shape index (κ2) is 5.86. The van der Waals surface area contributed by atoms with E-state index in [1.165, 1.54) is 6.07 Å². The molecule has 0 aliphatic carbocycles. The maximum Gasteiger partial charge on any atom is 0.129 e. The van der Waals surface area contributed by atoms with E-state index in [4.69, 9.17) is 11.6 Å². The van der Waals surface area contributed by atoms with Gasteiger partial charge in [-0.05, 0) is 18.1 Å². The Bertz CT molecular complexity index is 373. The molecule has 1 aromatic carbocycles. The molecule has 0 aliphatic rings. The van der Waals surface area contributed by atoms with Gasteiger partial charge in [0.05, 0.1) is 12.0 Å². The molecule has 0 aromatic heterocycles. The van der Waals surface area contributed by atoms with Crippen LogP contribution in [-0.4, -0.2) is 0 Å². The van der Waals surface area contributed by atoms with Crippen LogP contribution in [0, 0.1) is 23.1 Å². The van der Waals surface area contributed by atoms with E-state index in [1.54, 1.807) is 12.1 Å². The molecule has 0 radical (unpaired) electrons. The van der Waals surface area contributed by atoms with Gasteiger partial charge in [-0.25, -0.2) is 4.39 Å². The van der Waals surface area contributed by atoms with E-state index in [-0.39, 0.29) is 11.7 Å². The molecule has 0 saturated carbocycles. The maximum absolute atomic E-state index is 13.7. The number of rotatable bonds is 4. The summed E-state index contributed by atoms with van der Waals surface area (Å²) in [4.78, 5) is 0. The van der Waals surface area contributed by atoms with Gasteiger partial charge in [-0.3, -0.25) is 0 Å². The third kappa shape index (κ3) is 2.54. The van der Waals surface area contributed by atoms with Crippen LogP contribution in [-0.2, 0) is 0 Å². The minimum atomic E-state index is -0.455. The normalized spacial score (nSPS) is 12.5. The Morgan fingerprint density at radius 3 is 2.44 bits per heavy atom. The second-order valence-corrected chi connectivity index (χ2v) is 4.23. The first-order chi connectivity index (χ1) is 7.65. The molecule has 0 N–H and O–H groups in total. The van der Waals surface area contributed by atoms with Crippen LogP contribution in [0.15, 0.2) is 18.2 Å². The fourth-order valence-electron chi connectivity index (χ4n) is 1.97. The summed E-state index contributed by atoms with van der Waals surface area (Å²) < 4.78 is 13.7. The van der Waals surface area contributed by atoms with Crippen LogP contribution in [0.3, 0.4) is 0 Å². The molecule has 0 fully saturated rings. The highest BCUT2D eigenvalue weighted by atomic mass is 35.5. The monoisotopic (exact) mass is 239 g/mol. The molecule has 1 nitrogen and oxygen atoms in total. The number of nitrogens with zero attached hydrogens (tertiary/aromatic N) is 1. The van der Waals surface area contributed by atoms with Crippen molar-refractivity contribution in [2.24, 2.45) is 5.92 Å². The number of nitriles is 1. The van der Waals surface area contributed by atoms with Crippen LogP contribution >= 0.6 is 11.6 Å². The van der Waals surface area contributed by atoms with Gasteiger partial charge in [0, 0.05) is 10.6 Å². The zero-order valence-corrected chi connectivity index (χ0v) is 10.3. The van der Waals surface area contributed by atoms with Crippen molar-refractivity contribution < 1.29 is 4.39 Å². The van der Waals surface area contributed by atoms with Crippen LogP contribution in [0.25, 0.3) is 0 Å². The molecule has 1 rings (SSSR count). The van der Waals surface area contributed by atoms with E-state index in [0.717, 1.165) is 12.8 Å². The third-order valence-corrected chi connectivity index (χ3v) is 3.30. The molecule has 16 heavy (non-hydrogen) atoms. The van der Waals surface area contributed by atoms with Crippen LogP contribution in [0.1, 0.15) is 38.2 Å². The molecule has 1 unspecified atom stereocenters. The lowest BCUT2D eigenvalue weighted by atomic mass is 9.83. The van der Waals surface area contributed by atoms with Crippen molar-refractivity contribution in [3.05, 3.63) is 34.6 Å². The Balaban J connectivity index is 3.19. The zero-order valence-electron chi connectivity index (χ0n) is 9.50. The predicted molar refractivity (Wildman–Crippen MR) is 63.8 cm³/mol.